The summed E-state index contributed by atoms with van der Waals surface area (Å²) < 4.78 is 7.33. The number of carboxylic acid groups (broad SMARTS) is 1. The molecule has 0 radical (unpaired) electrons. The van der Waals surface area contributed by atoms with Gasteiger partial charge in [-0.25, -0.2) is 9.59 Å². The number of halogens is 1. The van der Waals surface area contributed by atoms with Gasteiger partial charge >= 0.3 is 11.7 Å². The summed E-state index contributed by atoms with van der Waals surface area (Å²) in [5, 5.41) is 9.58. The molecule has 0 spiro atoms. The fourth-order valence-electron chi connectivity index (χ4n) is 2.56. The maximum absolute atomic E-state index is 12.9. The van der Waals surface area contributed by atoms with Crippen LogP contribution in [0, 0.1) is 0 Å². The number of aliphatic carboxylic acids is 1. The molecule has 0 saturated carbocycles. The number of ether oxygens (including phenoxy) is 1. The van der Waals surface area contributed by atoms with Crippen molar-refractivity contribution in [1.29, 1.82) is 0 Å². The molecule has 134 valence electrons. The standard InChI is InChI=1S/C17H19ClN2O5/c1-9(2)20-15(21)12(8-19(17(20)24)10(3)16(22)23)11-6-5-7-13(18)14(11)25-4/h5-10H,1-4H3,(H,22,23). The van der Waals surface area contributed by atoms with Crippen LogP contribution >= 0.6 is 11.6 Å². The van der Waals surface area contributed by atoms with Crippen molar-refractivity contribution in [2.45, 2.75) is 32.9 Å². The van der Waals surface area contributed by atoms with Gasteiger partial charge in [0, 0.05) is 17.8 Å². The first-order chi connectivity index (χ1) is 11.7. The van der Waals surface area contributed by atoms with Gasteiger partial charge in [0.1, 0.15) is 11.8 Å². The summed E-state index contributed by atoms with van der Waals surface area (Å²) in [5.74, 6) is -0.898. The van der Waals surface area contributed by atoms with E-state index in [1.807, 2.05) is 0 Å². The molecule has 1 N–H and O–H groups in total. The van der Waals surface area contributed by atoms with E-state index in [0.29, 0.717) is 10.6 Å². The van der Waals surface area contributed by atoms with Crippen LogP contribution in [0.25, 0.3) is 11.1 Å². The second kappa shape index (κ2) is 7.14. The first kappa shape index (κ1) is 18.8. The summed E-state index contributed by atoms with van der Waals surface area (Å²) in [5.41, 5.74) is -0.685. The number of nitrogens with zero attached hydrogens (tertiary/aromatic N) is 2. The molecule has 1 atom stereocenters. The Balaban J connectivity index is 2.93. The molecule has 1 aromatic carbocycles. The number of hydrogen-bond acceptors (Lipinski definition) is 4. The molecular formula is C17H19ClN2O5. The Labute approximate surface area is 149 Å². The summed E-state index contributed by atoms with van der Waals surface area (Å²) in [4.78, 5) is 36.8. The number of carboxylic acids is 1. The average molecular weight is 367 g/mol. The van der Waals surface area contributed by atoms with E-state index < -0.39 is 29.3 Å². The summed E-state index contributed by atoms with van der Waals surface area (Å²) in [6.07, 6.45) is 1.25. The molecule has 1 unspecified atom stereocenters. The first-order valence-corrected chi connectivity index (χ1v) is 8.01. The molecule has 25 heavy (non-hydrogen) atoms. The van der Waals surface area contributed by atoms with E-state index >= 15 is 0 Å². The highest BCUT2D eigenvalue weighted by molar-refractivity contribution is 6.32. The topological polar surface area (TPSA) is 90.5 Å². The van der Waals surface area contributed by atoms with Crippen molar-refractivity contribution in [1.82, 2.24) is 9.13 Å². The van der Waals surface area contributed by atoms with Crippen molar-refractivity contribution in [2.75, 3.05) is 7.11 Å². The first-order valence-electron chi connectivity index (χ1n) is 7.64. The zero-order valence-electron chi connectivity index (χ0n) is 14.3. The average Bonchev–Trinajstić information content (AvgIpc) is 2.54. The number of rotatable bonds is 5. The molecule has 8 heteroatoms. The molecule has 0 saturated heterocycles. The minimum Gasteiger partial charge on any atom is -0.495 e. The van der Waals surface area contributed by atoms with Crippen LogP contribution in [-0.4, -0.2) is 27.3 Å². The van der Waals surface area contributed by atoms with Crippen molar-refractivity contribution >= 4 is 17.6 Å². The zero-order valence-corrected chi connectivity index (χ0v) is 15.1. The van der Waals surface area contributed by atoms with Gasteiger partial charge < -0.3 is 9.84 Å². The van der Waals surface area contributed by atoms with Crippen LogP contribution in [0.5, 0.6) is 5.75 Å². The molecule has 0 aliphatic rings. The highest BCUT2D eigenvalue weighted by Crippen LogP contribution is 2.34. The summed E-state index contributed by atoms with van der Waals surface area (Å²) in [6.45, 7) is 4.73. The fraction of sp³-hybridized carbons (Fsp3) is 0.353. The smallest absolute Gasteiger partial charge is 0.332 e. The largest absolute Gasteiger partial charge is 0.495 e. The number of carbonyl (C=O) groups is 1. The molecule has 1 aromatic heterocycles. The molecule has 0 amide bonds. The van der Waals surface area contributed by atoms with Crippen molar-refractivity contribution in [3.8, 4) is 16.9 Å². The molecule has 7 nitrogen and oxygen atoms in total. The van der Waals surface area contributed by atoms with Gasteiger partial charge in [-0.2, -0.15) is 0 Å². The molecule has 2 aromatic rings. The van der Waals surface area contributed by atoms with E-state index in [4.69, 9.17) is 16.3 Å². The van der Waals surface area contributed by atoms with Crippen LogP contribution in [-0.2, 0) is 4.79 Å². The summed E-state index contributed by atoms with van der Waals surface area (Å²) >= 11 is 6.12. The highest BCUT2D eigenvalue weighted by atomic mass is 35.5. The van der Waals surface area contributed by atoms with E-state index in [-0.39, 0.29) is 11.3 Å². The third-order valence-electron chi connectivity index (χ3n) is 3.90. The van der Waals surface area contributed by atoms with Gasteiger partial charge in [0.15, 0.2) is 0 Å². The molecule has 0 aliphatic carbocycles. The Kier molecular flexibility index (Phi) is 5.37. The van der Waals surface area contributed by atoms with Gasteiger partial charge in [0.25, 0.3) is 5.56 Å². The maximum Gasteiger partial charge on any atom is 0.332 e. The van der Waals surface area contributed by atoms with Crippen molar-refractivity contribution in [2.24, 2.45) is 0 Å². The Morgan fingerprint density at radius 1 is 1.20 bits per heavy atom. The molecule has 0 bridgehead atoms. The Bertz CT molecular complexity index is 930. The minimum atomic E-state index is -1.18. The molecule has 1 heterocycles. The zero-order chi connectivity index (χ0) is 18.9. The van der Waals surface area contributed by atoms with Gasteiger partial charge in [-0.3, -0.25) is 13.9 Å². The Morgan fingerprint density at radius 2 is 1.84 bits per heavy atom. The third-order valence-corrected chi connectivity index (χ3v) is 4.19. The van der Waals surface area contributed by atoms with Crippen LogP contribution in [0.1, 0.15) is 32.9 Å². The SMILES string of the molecule is COc1c(Cl)cccc1-c1cn(C(C)C(=O)O)c(=O)n(C(C)C)c1=O. The molecular weight excluding hydrogens is 348 g/mol. The van der Waals surface area contributed by atoms with Gasteiger partial charge in [-0.15, -0.1) is 0 Å². The predicted molar refractivity (Wildman–Crippen MR) is 94.7 cm³/mol. The van der Waals surface area contributed by atoms with Crippen LogP contribution in [0.4, 0.5) is 0 Å². The predicted octanol–water partition coefficient (Wildman–Crippen LogP) is 2.57. The lowest BCUT2D eigenvalue weighted by Crippen LogP contribution is -2.43. The Morgan fingerprint density at radius 3 is 2.36 bits per heavy atom. The lowest BCUT2D eigenvalue weighted by molar-refractivity contribution is -0.140. The fourth-order valence-corrected chi connectivity index (χ4v) is 2.81. The second-order valence-electron chi connectivity index (χ2n) is 5.84. The van der Waals surface area contributed by atoms with Gasteiger partial charge in [0.2, 0.25) is 0 Å². The van der Waals surface area contributed by atoms with Gasteiger partial charge in [-0.05, 0) is 26.8 Å². The van der Waals surface area contributed by atoms with E-state index in [1.54, 1.807) is 32.0 Å². The van der Waals surface area contributed by atoms with Gasteiger partial charge in [0.05, 0.1) is 17.7 Å². The van der Waals surface area contributed by atoms with Gasteiger partial charge in [-0.1, -0.05) is 23.7 Å². The third kappa shape index (κ3) is 3.32. The van der Waals surface area contributed by atoms with E-state index in [2.05, 4.69) is 0 Å². The lowest BCUT2D eigenvalue weighted by Gasteiger charge is -2.19. The summed E-state index contributed by atoms with van der Waals surface area (Å²) in [7, 11) is 1.42. The van der Waals surface area contributed by atoms with Crippen molar-refractivity contribution in [3.05, 3.63) is 50.3 Å². The van der Waals surface area contributed by atoms with Crippen molar-refractivity contribution in [3.63, 3.8) is 0 Å². The number of aromatic nitrogens is 2. The van der Waals surface area contributed by atoms with E-state index in [9.17, 15) is 19.5 Å². The quantitative estimate of drug-likeness (QED) is 0.878. The van der Waals surface area contributed by atoms with Crippen LogP contribution in [0.2, 0.25) is 5.02 Å². The molecule has 0 aliphatic heterocycles. The minimum absolute atomic E-state index is 0.140. The maximum atomic E-state index is 12.9. The number of para-hydroxylation sites is 1. The summed E-state index contributed by atoms with van der Waals surface area (Å²) in [6, 6.07) is 3.31. The van der Waals surface area contributed by atoms with Crippen molar-refractivity contribution < 1.29 is 14.6 Å². The van der Waals surface area contributed by atoms with Crippen LogP contribution in [0.3, 0.4) is 0 Å². The lowest BCUT2D eigenvalue weighted by atomic mass is 10.1. The van der Waals surface area contributed by atoms with Crippen LogP contribution in [0.15, 0.2) is 34.0 Å². The van der Waals surface area contributed by atoms with E-state index in [1.165, 1.54) is 20.2 Å². The number of hydrogen-bond donors (Lipinski definition) is 1. The number of benzene rings is 1. The molecule has 2 rings (SSSR count). The second-order valence-corrected chi connectivity index (χ2v) is 6.24. The normalized spacial score (nSPS) is 12.2. The van der Waals surface area contributed by atoms with E-state index in [0.717, 1.165) is 9.13 Å². The Hall–Kier alpha value is -2.54. The van der Waals surface area contributed by atoms with Crippen LogP contribution < -0.4 is 16.0 Å². The molecule has 0 fully saturated rings. The monoisotopic (exact) mass is 366 g/mol. The highest BCUT2D eigenvalue weighted by Gasteiger charge is 2.23. The number of methoxy groups -OCH3 is 1.